The minimum absolute atomic E-state index is 0.0178. The van der Waals surface area contributed by atoms with E-state index in [4.69, 9.17) is 15.2 Å². The topological polar surface area (TPSA) is 162 Å². The molecule has 0 bridgehead atoms. The first kappa shape index (κ1) is 28.9. The van der Waals surface area contributed by atoms with Gasteiger partial charge in [0.25, 0.3) is 0 Å². The molecule has 1 amide bonds. The fourth-order valence-electron chi connectivity index (χ4n) is 5.72. The monoisotopic (exact) mass is 685 g/mol. The number of piperidine rings is 1. The van der Waals surface area contributed by atoms with E-state index >= 15 is 0 Å². The summed E-state index contributed by atoms with van der Waals surface area (Å²) in [7, 11) is -1.52. The Morgan fingerprint density at radius 2 is 1.98 bits per heavy atom. The normalized spacial score (nSPS) is 19.3. The lowest BCUT2D eigenvalue weighted by Gasteiger charge is -2.34. The number of likely N-dealkylation sites (tertiary alicyclic amines) is 1. The lowest BCUT2D eigenvalue weighted by atomic mass is 9.80. The molecule has 0 radical (unpaired) electrons. The summed E-state index contributed by atoms with van der Waals surface area (Å²) in [6.45, 7) is 5.88. The van der Waals surface area contributed by atoms with E-state index in [9.17, 15) is 14.8 Å². The van der Waals surface area contributed by atoms with Gasteiger partial charge in [0.15, 0.2) is 5.65 Å². The van der Waals surface area contributed by atoms with Crippen LogP contribution in [0.25, 0.3) is 21.9 Å². The maximum absolute atomic E-state index is 13.0. The molecule has 2 atom stereocenters. The van der Waals surface area contributed by atoms with Crippen molar-refractivity contribution in [3.05, 3.63) is 40.4 Å². The Morgan fingerprint density at radius 3 is 2.74 bits per heavy atom. The van der Waals surface area contributed by atoms with Crippen molar-refractivity contribution in [2.75, 3.05) is 18.8 Å². The zero-order chi connectivity index (χ0) is 29.6. The number of nitrogens with zero attached hydrogens (tertiary/aromatic N) is 6. The molecule has 4 aromatic rings. The predicted octanol–water partition coefficient (Wildman–Crippen LogP) is 2.73. The molecule has 2 aliphatic rings. The number of anilines is 1. The molecular weight excluding hydrogens is 652 g/mol. The van der Waals surface area contributed by atoms with Crippen LogP contribution in [0.2, 0.25) is 0 Å². The van der Waals surface area contributed by atoms with Crippen LogP contribution >= 0.6 is 22.6 Å². The number of benzene rings is 1. The Morgan fingerprint density at radius 1 is 1.19 bits per heavy atom. The Hall–Kier alpha value is -3.24. The summed E-state index contributed by atoms with van der Waals surface area (Å²) in [5.74, 6) is 1.60. The van der Waals surface area contributed by atoms with Crippen LogP contribution in [0.5, 0.6) is 5.88 Å². The number of fused-ring (bicyclic) bond motifs is 2. The van der Waals surface area contributed by atoms with E-state index in [0.29, 0.717) is 49.1 Å². The van der Waals surface area contributed by atoms with Gasteiger partial charge < -0.3 is 30.2 Å². The number of aromatic nitrogens is 5. The van der Waals surface area contributed by atoms with Crippen molar-refractivity contribution in [1.29, 1.82) is 0 Å². The third kappa shape index (κ3) is 6.25. The molecule has 3 aromatic heterocycles. The van der Waals surface area contributed by atoms with Crippen molar-refractivity contribution in [2.24, 2.45) is 11.8 Å². The number of carbonyl (C=O) groups is 1. The maximum atomic E-state index is 13.0. The van der Waals surface area contributed by atoms with Gasteiger partial charge in [0.1, 0.15) is 27.6 Å². The Bertz CT molecular complexity index is 1630. The zero-order valence-electron chi connectivity index (χ0n) is 23.5. The molecule has 14 heteroatoms. The molecular formula is C28H33BIN7O5. The zero-order valence-corrected chi connectivity index (χ0v) is 25.6. The predicted molar refractivity (Wildman–Crippen MR) is 166 cm³/mol. The number of rotatable bonds is 8. The smallest absolute Gasteiger partial charge is 0.474 e. The molecule has 12 nitrogen and oxygen atoms in total. The molecule has 1 saturated heterocycles. The summed E-state index contributed by atoms with van der Waals surface area (Å²) >= 11 is 2.16. The van der Waals surface area contributed by atoms with Crippen molar-refractivity contribution in [1.82, 2.24) is 29.6 Å². The van der Waals surface area contributed by atoms with E-state index in [1.807, 2.05) is 24.6 Å². The number of hydrogen-bond acceptors (Lipinski definition) is 10. The number of amides is 1. The van der Waals surface area contributed by atoms with Crippen molar-refractivity contribution >= 4 is 69.0 Å². The van der Waals surface area contributed by atoms with Gasteiger partial charge in [-0.2, -0.15) is 5.10 Å². The first-order chi connectivity index (χ1) is 20.1. The molecule has 1 aliphatic carbocycles. The van der Waals surface area contributed by atoms with E-state index in [-0.39, 0.29) is 18.1 Å². The maximum Gasteiger partial charge on any atom is 0.488 e. The average Bonchev–Trinajstić information content (AvgIpc) is 3.57. The van der Waals surface area contributed by atoms with Gasteiger partial charge in [-0.1, -0.05) is 12.1 Å². The van der Waals surface area contributed by atoms with Crippen molar-refractivity contribution in [2.45, 2.75) is 57.8 Å². The van der Waals surface area contributed by atoms with Crippen LogP contribution in [0.15, 0.2) is 36.7 Å². The molecule has 2 fully saturated rings. The Labute approximate surface area is 256 Å². The summed E-state index contributed by atoms with van der Waals surface area (Å²) in [6, 6.07) is 8.73. The first-order valence-electron chi connectivity index (χ1n) is 14.1. The minimum Gasteiger partial charge on any atom is -0.474 e. The van der Waals surface area contributed by atoms with Gasteiger partial charge in [0, 0.05) is 37.0 Å². The molecule has 1 aliphatic heterocycles. The SMILES string of the molecule is CC(C)(CC1CC1Oc1ccc2cc(B(O)O)ccc2n1)OC(=O)N1CCC(Cn2nc(I)c3c(N)ncnc32)CC1. The van der Waals surface area contributed by atoms with Crippen molar-refractivity contribution < 1.29 is 24.3 Å². The van der Waals surface area contributed by atoms with Crippen molar-refractivity contribution in [3.63, 3.8) is 0 Å². The van der Waals surface area contributed by atoms with E-state index < -0.39 is 12.7 Å². The molecule has 4 heterocycles. The van der Waals surface area contributed by atoms with Crippen LogP contribution in [-0.2, 0) is 11.3 Å². The molecule has 2 unspecified atom stereocenters. The van der Waals surface area contributed by atoms with Crippen LogP contribution in [0.4, 0.5) is 10.6 Å². The molecule has 0 spiro atoms. The molecule has 1 saturated carbocycles. The standard InChI is InChI=1S/C28H33BIN7O5/c1-28(2,13-18-12-21(18)41-22-6-3-17-11-19(29(39)40)4-5-20(17)34-22)42-27(38)36-9-7-16(8-10-36)14-37-26-23(24(30)35-37)25(31)32-15-33-26/h3-6,11,15-16,18,21,39-40H,7-10,12-14H2,1-2H3,(H2,31,32,33). The largest absolute Gasteiger partial charge is 0.488 e. The Kier molecular flexibility index (Phi) is 7.87. The van der Waals surface area contributed by atoms with Gasteiger partial charge in [-0.15, -0.1) is 0 Å². The summed E-state index contributed by atoms with van der Waals surface area (Å²) in [4.78, 5) is 27.8. The van der Waals surface area contributed by atoms with Gasteiger partial charge in [0.2, 0.25) is 5.88 Å². The summed E-state index contributed by atoms with van der Waals surface area (Å²) in [5, 5.41) is 25.0. The number of hydrogen-bond donors (Lipinski definition) is 3. The average molecular weight is 685 g/mol. The number of nitrogen functional groups attached to an aromatic ring is 1. The highest BCUT2D eigenvalue weighted by atomic mass is 127. The van der Waals surface area contributed by atoms with Gasteiger partial charge in [-0.3, -0.25) is 0 Å². The highest BCUT2D eigenvalue weighted by molar-refractivity contribution is 14.1. The van der Waals surface area contributed by atoms with E-state index in [1.165, 1.54) is 6.33 Å². The quantitative estimate of drug-likeness (QED) is 0.186. The molecule has 42 heavy (non-hydrogen) atoms. The third-order valence-corrected chi connectivity index (χ3v) is 8.81. The van der Waals surface area contributed by atoms with Gasteiger partial charge in [0.05, 0.1) is 10.9 Å². The first-order valence-corrected chi connectivity index (χ1v) is 15.2. The number of carbonyl (C=O) groups excluding carboxylic acids is 1. The number of ether oxygens (including phenoxy) is 2. The van der Waals surface area contributed by atoms with Crippen LogP contribution in [0.3, 0.4) is 0 Å². The molecule has 4 N–H and O–H groups in total. The number of pyridine rings is 1. The van der Waals surface area contributed by atoms with Crippen LogP contribution in [0.1, 0.15) is 39.5 Å². The fourth-order valence-corrected chi connectivity index (χ4v) is 6.49. The van der Waals surface area contributed by atoms with Crippen LogP contribution < -0.4 is 15.9 Å². The second kappa shape index (κ2) is 11.5. The lowest BCUT2D eigenvalue weighted by Crippen LogP contribution is -2.43. The van der Waals surface area contributed by atoms with Gasteiger partial charge in [-0.25, -0.2) is 24.4 Å². The van der Waals surface area contributed by atoms with Gasteiger partial charge in [-0.05, 0) is 85.6 Å². The van der Waals surface area contributed by atoms with Crippen LogP contribution in [0, 0.1) is 15.5 Å². The second-order valence-corrected chi connectivity index (χ2v) is 12.8. The number of nitrogens with two attached hydrogens (primary N) is 1. The van der Waals surface area contributed by atoms with Crippen molar-refractivity contribution in [3.8, 4) is 5.88 Å². The summed E-state index contributed by atoms with van der Waals surface area (Å²) in [6.07, 6.45) is 4.48. The highest BCUT2D eigenvalue weighted by Gasteiger charge is 2.44. The second-order valence-electron chi connectivity index (χ2n) is 11.8. The van der Waals surface area contributed by atoms with E-state index in [1.54, 1.807) is 29.2 Å². The molecule has 6 rings (SSSR count). The fraction of sp³-hybridized carbons (Fsp3) is 0.464. The van der Waals surface area contributed by atoms with Crippen LogP contribution in [-0.4, -0.2) is 77.7 Å². The minimum atomic E-state index is -1.52. The lowest BCUT2D eigenvalue weighted by molar-refractivity contribution is -0.00234. The molecule has 220 valence electrons. The number of halogens is 1. The Balaban J connectivity index is 0.972. The molecule has 1 aromatic carbocycles. The summed E-state index contributed by atoms with van der Waals surface area (Å²) < 4.78 is 14.8. The highest BCUT2D eigenvalue weighted by Crippen LogP contribution is 2.41. The summed E-state index contributed by atoms with van der Waals surface area (Å²) in [5.41, 5.74) is 7.28. The van der Waals surface area contributed by atoms with E-state index in [2.05, 4.69) is 42.6 Å². The van der Waals surface area contributed by atoms with Gasteiger partial charge >= 0.3 is 13.2 Å². The third-order valence-electron chi connectivity index (χ3n) is 8.05. The van der Waals surface area contributed by atoms with E-state index in [0.717, 1.165) is 44.9 Å².